The molecule has 0 saturated carbocycles. The van der Waals surface area contributed by atoms with Crippen LogP contribution >= 0.6 is 0 Å². The summed E-state index contributed by atoms with van der Waals surface area (Å²) in [5.41, 5.74) is 0. The number of anilines is 1. The average Bonchev–Trinajstić information content (AvgIpc) is 2.99. The van der Waals surface area contributed by atoms with Crippen molar-refractivity contribution >= 4 is 12.1 Å². The predicted molar refractivity (Wildman–Crippen MR) is 65.3 cm³/mol. The van der Waals surface area contributed by atoms with E-state index in [-0.39, 0.29) is 0 Å². The third kappa shape index (κ3) is 2.72. The van der Waals surface area contributed by atoms with E-state index in [0.29, 0.717) is 5.76 Å². The Morgan fingerprint density at radius 2 is 2.00 bits per heavy atom. The van der Waals surface area contributed by atoms with Crippen LogP contribution < -0.4 is 4.90 Å². The van der Waals surface area contributed by atoms with Crippen molar-refractivity contribution in [2.75, 3.05) is 18.0 Å². The van der Waals surface area contributed by atoms with Gasteiger partial charge >= 0.3 is 0 Å². The van der Waals surface area contributed by atoms with Crippen LogP contribution in [0, 0.1) is 0 Å². The summed E-state index contributed by atoms with van der Waals surface area (Å²) in [7, 11) is 0. The molecule has 0 aliphatic rings. The maximum Gasteiger partial charge on any atom is 0.196 e. The highest BCUT2D eigenvalue weighted by Gasteiger charge is 2.05. The molecule has 90 valence electrons. The number of nitrogens with zero attached hydrogens (tertiary/aromatic N) is 5. The largest absolute Gasteiger partial charge is 0.440 e. The van der Waals surface area contributed by atoms with Gasteiger partial charge < -0.3 is 9.32 Å². The lowest BCUT2D eigenvalue weighted by Crippen LogP contribution is -2.20. The zero-order chi connectivity index (χ0) is 12.1. The number of aromatic nitrogens is 3. The number of hydrogen-bond acceptors (Lipinski definition) is 5. The summed E-state index contributed by atoms with van der Waals surface area (Å²) in [6, 6.07) is 3.84. The summed E-state index contributed by atoms with van der Waals surface area (Å²) in [5.74, 6) is 1.57. The molecule has 2 rings (SSSR count). The minimum atomic E-state index is 0.709. The Morgan fingerprint density at radius 3 is 2.65 bits per heavy atom. The lowest BCUT2D eigenvalue weighted by molar-refractivity contribution is 0.543. The SMILES string of the molecule is CCN(CC)c1ccc(/C=N\n2cnnc2)o1. The zero-order valence-corrected chi connectivity index (χ0v) is 9.95. The van der Waals surface area contributed by atoms with Crippen molar-refractivity contribution < 1.29 is 4.42 Å². The molecule has 0 amide bonds. The Morgan fingerprint density at radius 1 is 1.29 bits per heavy atom. The van der Waals surface area contributed by atoms with Gasteiger partial charge in [0.15, 0.2) is 5.88 Å². The number of rotatable bonds is 5. The van der Waals surface area contributed by atoms with Crippen LogP contribution in [-0.2, 0) is 0 Å². The van der Waals surface area contributed by atoms with Gasteiger partial charge in [-0.05, 0) is 19.9 Å². The molecule has 0 saturated heterocycles. The Balaban J connectivity index is 2.08. The van der Waals surface area contributed by atoms with E-state index in [1.807, 2.05) is 12.1 Å². The molecule has 0 fully saturated rings. The molecule has 0 aliphatic heterocycles. The predicted octanol–water partition coefficient (Wildman–Crippen LogP) is 1.60. The van der Waals surface area contributed by atoms with Crippen molar-refractivity contribution in [1.29, 1.82) is 0 Å². The minimum absolute atomic E-state index is 0.709. The van der Waals surface area contributed by atoms with Gasteiger partial charge in [0.2, 0.25) is 0 Å². The highest BCUT2D eigenvalue weighted by molar-refractivity contribution is 5.76. The molecule has 0 unspecified atom stereocenters. The first-order valence-corrected chi connectivity index (χ1v) is 5.57. The highest BCUT2D eigenvalue weighted by Crippen LogP contribution is 2.16. The molecule has 2 aromatic heterocycles. The Labute approximate surface area is 99.6 Å². The van der Waals surface area contributed by atoms with Crippen molar-refractivity contribution in [2.45, 2.75) is 13.8 Å². The first-order chi connectivity index (χ1) is 8.33. The van der Waals surface area contributed by atoms with E-state index in [2.05, 4.69) is 34.0 Å². The second-order valence-electron chi connectivity index (χ2n) is 3.43. The molecule has 0 N–H and O–H groups in total. The molecule has 0 atom stereocenters. The van der Waals surface area contributed by atoms with E-state index in [1.54, 1.807) is 6.21 Å². The van der Waals surface area contributed by atoms with Gasteiger partial charge in [-0.15, -0.1) is 10.2 Å². The second kappa shape index (κ2) is 5.29. The first kappa shape index (κ1) is 11.4. The van der Waals surface area contributed by atoms with E-state index in [9.17, 15) is 0 Å². The summed E-state index contributed by atoms with van der Waals surface area (Å²) >= 11 is 0. The van der Waals surface area contributed by atoms with Crippen LogP contribution in [0.25, 0.3) is 0 Å². The minimum Gasteiger partial charge on any atom is -0.440 e. The molecular weight excluding hydrogens is 218 g/mol. The molecule has 6 nitrogen and oxygen atoms in total. The zero-order valence-electron chi connectivity index (χ0n) is 9.95. The quantitative estimate of drug-likeness (QED) is 0.736. The molecule has 0 spiro atoms. The summed E-state index contributed by atoms with van der Waals surface area (Å²) in [6.07, 6.45) is 4.67. The molecule has 2 heterocycles. The molecule has 0 bridgehead atoms. The van der Waals surface area contributed by atoms with Gasteiger partial charge in [0.25, 0.3) is 0 Å². The van der Waals surface area contributed by atoms with Gasteiger partial charge in [0.05, 0.1) is 6.21 Å². The van der Waals surface area contributed by atoms with Crippen molar-refractivity contribution in [3.63, 3.8) is 0 Å². The molecule has 17 heavy (non-hydrogen) atoms. The topological polar surface area (TPSA) is 59.5 Å². The smallest absolute Gasteiger partial charge is 0.196 e. The lowest BCUT2D eigenvalue weighted by Gasteiger charge is -2.16. The van der Waals surface area contributed by atoms with Gasteiger partial charge in [-0.1, -0.05) is 0 Å². The summed E-state index contributed by atoms with van der Waals surface area (Å²) in [6.45, 7) is 6.03. The van der Waals surface area contributed by atoms with Crippen molar-refractivity contribution in [3.05, 3.63) is 30.5 Å². The molecular formula is C11H15N5O. The lowest BCUT2D eigenvalue weighted by atomic mass is 10.4. The van der Waals surface area contributed by atoms with E-state index >= 15 is 0 Å². The second-order valence-corrected chi connectivity index (χ2v) is 3.43. The maximum atomic E-state index is 5.65. The van der Waals surface area contributed by atoms with E-state index in [0.717, 1.165) is 19.0 Å². The van der Waals surface area contributed by atoms with E-state index in [1.165, 1.54) is 17.3 Å². The number of furan rings is 1. The Bertz CT molecular complexity index is 470. The van der Waals surface area contributed by atoms with Gasteiger partial charge in [-0.2, -0.15) is 5.10 Å². The third-order valence-electron chi connectivity index (χ3n) is 2.41. The van der Waals surface area contributed by atoms with E-state index < -0.39 is 0 Å². The fraction of sp³-hybridized carbons (Fsp3) is 0.364. The average molecular weight is 233 g/mol. The molecule has 0 radical (unpaired) electrons. The van der Waals surface area contributed by atoms with Crippen LogP contribution in [0.1, 0.15) is 19.6 Å². The highest BCUT2D eigenvalue weighted by atomic mass is 16.4. The summed E-state index contributed by atoms with van der Waals surface area (Å²) in [4.78, 5) is 2.14. The van der Waals surface area contributed by atoms with Crippen LogP contribution in [0.3, 0.4) is 0 Å². The van der Waals surface area contributed by atoms with Gasteiger partial charge in [-0.3, -0.25) is 0 Å². The molecule has 0 aliphatic carbocycles. The van der Waals surface area contributed by atoms with Crippen LogP contribution in [0.5, 0.6) is 0 Å². The fourth-order valence-corrected chi connectivity index (χ4v) is 1.50. The van der Waals surface area contributed by atoms with Crippen LogP contribution in [0.2, 0.25) is 0 Å². The monoisotopic (exact) mass is 233 g/mol. The molecule has 2 aromatic rings. The molecule has 0 aromatic carbocycles. The Kier molecular flexibility index (Phi) is 3.54. The maximum absolute atomic E-state index is 5.65. The van der Waals surface area contributed by atoms with Crippen molar-refractivity contribution in [3.8, 4) is 0 Å². The van der Waals surface area contributed by atoms with Crippen molar-refractivity contribution in [1.82, 2.24) is 14.9 Å². The van der Waals surface area contributed by atoms with Gasteiger partial charge in [-0.25, -0.2) is 4.68 Å². The van der Waals surface area contributed by atoms with Crippen LogP contribution in [0.4, 0.5) is 5.88 Å². The summed E-state index contributed by atoms with van der Waals surface area (Å²) < 4.78 is 7.16. The van der Waals surface area contributed by atoms with Crippen molar-refractivity contribution in [2.24, 2.45) is 5.10 Å². The normalized spacial score (nSPS) is 11.2. The molecule has 6 heteroatoms. The van der Waals surface area contributed by atoms with Gasteiger partial charge in [0, 0.05) is 19.2 Å². The van der Waals surface area contributed by atoms with Crippen LogP contribution in [0.15, 0.2) is 34.3 Å². The van der Waals surface area contributed by atoms with Gasteiger partial charge in [0.1, 0.15) is 18.4 Å². The first-order valence-electron chi connectivity index (χ1n) is 5.57. The number of hydrogen-bond donors (Lipinski definition) is 0. The fourth-order valence-electron chi connectivity index (χ4n) is 1.50. The standard InChI is InChI=1S/C11H15N5O/c1-3-15(4-2)11-6-5-10(17-11)7-14-16-8-12-13-9-16/h5-9H,3-4H2,1-2H3/b14-7-. The summed E-state index contributed by atoms with van der Waals surface area (Å²) in [5, 5.41) is 11.4. The Hall–Kier alpha value is -2.11. The van der Waals surface area contributed by atoms with Crippen LogP contribution in [-0.4, -0.2) is 34.2 Å². The third-order valence-corrected chi connectivity index (χ3v) is 2.41. The van der Waals surface area contributed by atoms with E-state index in [4.69, 9.17) is 4.42 Å².